The Hall–Kier alpha value is -2.76. The van der Waals surface area contributed by atoms with Crippen molar-refractivity contribution in [3.63, 3.8) is 0 Å². The molecular formula is C26H44F2N4O7Si2. The van der Waals surface area contributed by atoms with Crippen LogP contribution >= 0.6 is 0 Å². The molecule has 0 amide bonds. The maximum atomic E-state index is 13.1. The molecule has 2 heterocycles. The summed E-state index contributed by atoms with van der Waals surface area (Å²) in [6.45, 7) is 18.3. The highest BCUT2D eigenvalue weighted by atomic mass is 28.3. The van der Waals surface area contributed by atoms with Gasteiger partial charge in [0.15, 0.2) is 6.29 Å². The lowest BCUT2D eigenvalue weighted by Crippen LogP contribution is -2.22. The van der Waals surface area contributed by atoms with Crippen LogP contribution in [0, 0.1) is 0 Å². The van der Waals surface area contributed by atoms with Crippen LogP contribution in [0.15, 0.2) is 12.4 Å². The molecule has 2 rings (SSSR count). The van der Waals surface area contributed by atoms with Crippen molar-refractivity contribution >= 4 is 34.4 Å². The van der Waals surface area contributed by atoms with Gasteiger partial charge in [-0.1, -0.05) is 39.3 Å². The van der Waals surface area contributed by atoms with Gasteiger partial charge in [-0.2, -0.15) is 10.2 Å². The molecule has 0 aliphatic heterocycles. The van der Waals surface area contributed by atoms with Crippen molar-refractivity contribution in [3.8, 4) is 0 Å². The van der Waals surface area contributed by atoms with E-state index in [1.807, 2.05) is 0 Å². The molecular weight excluding hydrogens is 574 g/mol. The first-order chi connectivity index (χ1) is 19.1. The second-order valence-electron chi connectivity index (χ2n) is 11.4. The summed E-state index contributed by atoms with van der Waals surface area (Å²) in [5.74, 6) is -1.33. The SMILES string of the molecule is CCOC(=O)c1cnn(COCC[Si](C)(C)C)c1C(F)F.CCOC(=O)c1cnn(COCC[Si](C)(C)C)c1C=O. The van der Waals surface area contributed by atoms with Gasteiger partial charge in [0.05, 0.1) is 25.6 Å². The van der Waals surface area contributed by atoms with Crippen molar-refractivity contribution in [2.45, 2.75) is 85.1 Å². The zero-order chi connectivity index (χ0) is 31.2. The van der Waals surface area contributed by atoms with Crippen molar-refractivity contribution < 1.29 is 42.1 Å². The highest BCUT2D eigenvalue weighted by Crippen LogP contribution is 2.24. The third-order valence-electron chi connectivity index (χ3n) is 5.49. The molecule has 0 bridgehead atoms. The average molecular weight is 619 g/mol. The minimum Gasteiger partial charge on any atom is -0.462 e. The van der Waals surface area contributed by atoms with E-state index in [1.165, 1.54) is 10.9 Å². The summed E-state index contributed by atoms with van der Waals surface area (Å²) >= 11 is 0. The fourth-order valence-corrected chi connectivity index (χ4v) is 4.65. The molecule has 0 atom stereocenters. The molecule has 41 heavy (non-hydrogen) atoms. The second-order valence-corrected chi connectivity index (χ2v) is 22.7. The van der Waals surface area contributed by atoms with E-state index in [0.29, 0.717) is 19.5 Å². The van der Waals surface area contributed by atoms with Gasteiger partial charge in [-0.25, -0.2) is 27.7 Å². The lowest BCUT2D eigenvalue weighted by molar-refractivity contribution is 0.0490. The topological polar surface area (TPSA) is 124 Å². The van der Waals surface area contributed by atoms with Crippen molar-refractivity contribution in [1.82, 2.24) is 19.6 Å². The summed E-state index contributed by atoms with van der Waals surface area (Å²) in [4.78, 5) is 34.3. The summed E-state index contributed by atoms with van der Waals surface area (Å²) in [5, 5.41) is 7.79. The van der Waals surface area contributed by atoms with Crippen LogP contribution in [0.4, 0.5) is 8.78 Å². The summed E-state index contributed by atoms with van der Waals surface area (Å²) in [7, 11) is -2.37. The number of hydrogen-bond acceptors (Lipinski definition) is 9. The molecule has 11 nitrogen and oxygen atoms in total. The van der Waals surface area contributed by atoms with E-state index >= 15 is 0 Å². The van der Waals surface area contributed by atoms with Crippen molar-refractivity contribution in [3.05, 3.63) is 34.9 Å². The maximum Gasteiger partial charge on any atom is 0.342 e. The molecule has 232 valence electrons. The predicted octanol–water partition coefficient (Wildman–Crippen LogP) is 5.49. The molecule has 0 unspecified atom stereocenters. The largest absolute Gasteiger partial charge is 0.462 e. The first-order valence-electron chi connectivity index (χ1n) is 13.5. The number of hydrogen-bond donors (Lipinski definition) is 0. The molecule has 0 saturated heterocycles. The van der Waals surface area contributed by atoms with Gasteiger partial charge in [0.2, 0.25) is 0 Å². The Labute approximate surface area is 242 Å². The number of aromatic nitrogens is 4. The van der Waals surface area contributed by atoms with Crippen LogP contribution in [0.2, 0.25) is 51.4 Å². The number of nitrogens with zero attached hydrogens (tertiary/aromatic N) is 4. The Morgan fingerprint density at radius 3 is 1.71 bits per heavy atom. The van der Waals surface area contributed by atoms with Crippen LogP contribution in [0.5, 0.6) is 0 Å². The Morgan fingerprint density at radius 2 is 1.27 bits per heavy atom. The number of ether oxygens (including phenoxy) is 4. The summed E-state index contributed by atoms with van der Waals surface area (Å²) in [5.41, 5.74) is -0.297. The minimum absolute atomic E-state index is 0.0937. The normalized spacial score (nSPS) is 11.7. The first-order valence-corrected chi connectivity index (χ1v) is 20.9. The lowest BCUT2D eigenvalue weighted by Gasteiger charge is -2.16. The summed E-state index contributed by atoms with van der Waals surface area (Å²) < 4.78 is 49.1. The van der Waals surface area contributed by atoms with E-state index in [9.17, 15) is 23.2 Å². The van der Waals surface area contributed by atoms with Gasteiger partial charge in [0, 0.05) is 29.4 Å². The number of rotatable bonds is 16. The highest BCUT2D eigenvalue weighted by Gasteiger charge is 2.25. The van der Waals surface area contributed by atoms with E-state index in [4.69, 9.17) is 18.9 Å². The molecule has 0 aromatic carbocycles. The van der Waals surface area contributed by atoms with E-state index in [2.05, 4.69) is 49.5 Å². The lowest BCUT2D eigenvalue weighted by atomic mass is 10.2. The quantitative estimate of drug-likeness (QED) is 0.104. The van der Waals surface area contributed by atoms with Gasteiger partial charge >= 0.3 is 11.9 Å². The maximum absolute atomic E-state index is 13.1. The fourth-order valence-electron chi connectivity index (χ4n) is 3.14. The smallest absolute Gasteiger partial charge is 0.342 e. The molecule has 0 spiro atoms. The Balaban J connectivity index is 0.000000410. The monoisotopic (exact) mass is 618 g/mol. The van der Waals surface area contributed by atoms with Crippen LogP contribution < -0.4 is 0 Å². The Bertz CT molecular complexity index is 1110. The first kappa shape index (κ1) is 36.3. The third-order valence-corrected chi connectivity index (χ3v) is 8.90. The van der Waals surface area contributed by atoms with E-state index < -0.39 is 40.2 Å². The van der Waals surface area contributed by atoms with Crippen LogP contribution in [-0.4, -0.2) is 80.4 Å². The highest BCUT2D eigenvalue weighted by molar-refractivity contribution is 6.76. The fraction of sp³-hybridized carbons (Fsp3) is 0.654. The number of halogens is 2. The van der Waals surface area contributed by atoms with Crippen molar-refractivity contribution in [2.75, 3.05) is 26.4 Å². The molecule has 2 aromatic rings. The Morgan fingerprint density at radius 1 is 0.829 bits per heavy atom. The van der Waals surface area contributed by atoms with Gasteiger partial charge in [0.1, 0.15) is 36.0 Å². The predicted molar refractivity (Wildman–Crippen MR) is 155 cm³/mol. The van der Waals surface area contributed by atoms with Gasteiger partial charge in [-0.3, -0.25) is 4.79 Å². The number of carbonyl (C=O) groups is 3. The Kier molecular flexibility index (Phi) is 15.3. The van der Waals surface area contributed by atoms with E-state index in [0.717, 1.165) is 23.0 Å². The minimum atomic E-state index is -2.81. The third kappa shape index (κ3) is 13.2. The molecule has 2 aromatic heterocycles. The van der Waals surface area contributed by atoms with Crippen LogP contribution in [-0.2, 0) is 32.4 Å². The molecule has 0 aliphatic rings. The summed E-state index contributed by atoms with van der Waals surface area (Å²) in [6, 6.07) is 1.97. The van der Waals surface area contributed by atoms with Crippen molar-refractivity contribution in [2.24, 2.45) is 0 Å². The second kappa shape index (κ2) is 17.3. The van der Waals surface area contributed by atoms with Crippen LogP contribution in [0.25, 0.3) is 0 Å². The van der Waals surface area contributed by atoms with Gasteiger partial charge < -0.3 is 18.9 Å². The molecule has 0 N–H and O–H groups in total. The van der Waals surface area contributed by atoms with Crippen LogP contribution in [0.1, 0.15) is 57.2 Å². The summed E-state index contributed by atoms with van der Waals surface area (Å²) in [6.07, 6.45) is 0.221. The number of alkyl halides is 2. The number of esters is 2. The zero-order valence-corrected chi connectivity index (χ0v) is 27.4. The van der Waals surface area contributed by atoms with Crippen LogP contribution in [0.3, 0.4) is 0 Å². The van der Waals surface area contributed by atoms with Gasteiger partial charge in [0.25, 0.3) is 6.43 Å². The van der Waals surface area contributed by atoms with Crippen molar-refractivity contribution in [1.29, 1.82) is 0 Å². The molecule has 0 aliphatic carbocycles. The van der Waals surface area contributed by atoms with E-state index in [1.54, 1.807) is 13.8 Å². The standard InChI is InChI=1S/C13H22F2N2O3Si.C13H22N2O4Si/c1-5-20-13(18)10-8-16-17(11(10)12(14)15)9-19-6-7-21(2,3)4;1-5-19-13(17)11-8-14-15(12(11)9-16)10-18-6-7-20(2,3)4/h8,12H,5-7,9H2,1-4H3;8-9H,5-7,10H2,1-4H3. The number of aldehydes is 1. The molecule has 15 heteroatoms. The molecule has 0 fully saturated rings. The molecule has 0 radical (unpaired) electrons. The van der Waals surface area contributed by atoms with E-state index in [-0.39, 0.29) is 43.5 Å². The average Bonchev–Trinajstić information content (AvgIpc) is 3.48. The van der Waals surface area contributed by atoms with Gasteiger partial charge in [-0.15, -0.1) is 0 Å². The number of carbonyl (C=O) groups excluding carboxylic acids is 3. The molecule has 0 saturated carbocycles. The zero-order valence-electron chi connectivity index (χ0n) is 25.4. The van der Waals surface area contributed by atoms with Gasteiger partial charge in [-0.05, 0) is 25.9 Å².